The van der Waals surface area contributed by atoms with Gasteiger partial charge in [-0.1, -0.05) is 18.2 Å². The van der Waals surface area contributed by atoms with Crippen LogP contribution in [0.2, 0.25) is 0 Å². The number of hydrogen-bond acceptors (Lipinski definition) is 4. The second kappa shape index (κ2) is 5.22. The maximum Gasteiger partial charge on any atom is 0.415 e. The summed E-state index contributed by atoms with van der Waals surface area (Å²) in [6.07, 6.45) is -0.670. The Morgan fingerprint density at radius 1 is 1.39 bits per heavy atom. The van der Waals surface area contributed by atoms with Gasteiger partial charge in [-0.05, 0) is 28.9 Å². The molecular weight excluding hydrogens is 302 g/mol. The van der Waals surface area contributed by atoms with Gasteiger partial charge in [0.1, 0.15) is 4.47 Å². The fourth-order valence-corrected chi connectivity index (χ4v) is 1.98. The van der Waals surface area contributed by atoms with Gasteiger partial charge in [0.25, 0.3) is 0 Å². The number of carbonyl (C=O) groups excluding carboxylic acids is 1. The summed E-state index contributed by atoms with van der Waals surface area (Å²) >= 11 is 3.26. The predicted octanol–water partition coefficient (Wildman–Crippen LogP) is 2.66. The van der Waals surface area contributed by atoms with Gasteiger partial charge in [-0.25, -0.2) is 9.59 Å². The number of hydrogen-bond donors (Lipinski definition) is 1. The van der Waals surface area contributed by atoms with Gasteiger partial charge in [0.15, 0.2) is 0 Å². The van der Waals surface area contributed by atoms with Gasteiger partial charge < -0.3 is 14.5 Å². The van der Waals surface area contributed by atoms with Gasteiger partial charge in [-0.3, -0.25) is 0 Å². The van der Waals surface area contributed by atoms with E-state index in [0.29, 0.717) is 21.8 Å². The molecule has 2 aromatic rings. The largest absolute Gasteiger partial charge is 0.415 e. The van der Waals surface area contributed by atoms with Crippen molar-refractivity contribution in [2.75, 3.05) is 6.54 Å². The molecule has 94 valence electrons. The molecule has 0 aliphatic carbocycles. The lowest BCUT2D eigenvalue weighted by molar-refractivity contribution is 0.185. The minimum Gasteiger partial charge on any atom is -0.388 e. The van der Waals surface area contributed by atoms with Crippen LogP contribution in [0, 0.1) is 0 Å². The van der Waals surface area contributed by atoms with Crippen molar-refractivity contribution in [1.82, 2.24) is 5.32 Å². The molecule has 1 amide bonds. The summed E-state index contributed by atoms with van der Waals surface area (Å²) in [4.78, 5) is 23.0. The van der Waals surface area contributed by atoms with Crippen molar-refractivity contribution in [3.8, 4) is 5.95 Å². The van der Waals surface area contributed by atoms with E-state index < -0.39 is 11.7 Å². The molecule has 1 N–H and O–H groups in total. The molecule has 1 aromatic carbocycles. The van der Waals surface area contributed by atoms with Gasteiger partial charge in [0.05, 0.1) is 5.39 Å². The van der Waals surface area contributed by atoms with Crippen LogP contribution in [-0.4, -0.2) is 12.6 Å². The van der Waals surface area contributed by atoms with Gasteiger partial charge in [0.2, 0.25) is 0 Å². The molecule has 0 spiro atoms. The Morgan fingerprint density at radius 3 is 2.72 bits per heavy atom. The number of amides is 1. The van der Waals surface area contributed by atoms with Crippen LogP contribution in [-0.2, 0) is 0 Å². The number of carbonyl (C=O) groups is 1. The van der Waals surface area contributed by atoms with E-state index in [2.05, 4.69) is 21.2 Å². The molecule has 0 radical (unpaired) electrons. The summed E-state index contributed by atoms with van der Waals surface area (Å²) in [7, 11) is 0. The molecule has 0 aliphatic rings. The van der Waals surface area contributed by atoms with Crippen molar-refractivity contribution in [3.63, 3.8) is 0 Å². The van der Waals surface area contributed by atoms with Crippen molar-refractivity contribution < 1.29 is 13.9 Å². The van der Waals surface area contributed by atoms with E-state index in [-0.39, 0.29) is 5.95 Å². The molecule has 0 atom stereocenters. The first kappa shape index (κ1) is 12.6. The van der Waals surface area contributed by atoms with E-state index in [1.807, 2.05) is 0 Å². The molecule has 1 heterocycles. The maximum absolute atomic E-state index is 11.7. The van der Waals surface area contributed by atoms with E-state index in [9.17, 15) is 9.59 Å². The summed E-state index contributed by atoms with van der Waals surface area (Å²) in [5.74, 6) is -0.148. The number of rotatable bonds is 2. The summed E-state index contributed by atoms with van der Waals surface area (Å²) in [5.41, 5.74) is -0.548. The van der Waals surface area contributed by atoms with Crippen molar-refractivity contribution in [1.29, 1.82) is 0 Å². The molecule has 0 aliphatic heterocycles. The molecule has 2 rings (SSSR count). The summed E-state index contributed by atoms with van der Waals surface area (Å²) < 4.78 is 10.3. The number of halogens is 1. The van der Waals surface area contributed by atoms with Gasteiger partial charge in [-0.2, -0.15) is 0 Å². The third kappa shape index (κ3) is 2.38. The maximum atomic E-state index is 11.7. The highest BCUT2D eigenvalue weighted by Crippen LogP contribution is 2.30. The van der Waals surface area contributed by atoms with Gasteiger partial charge >= 0.3 is 17.7 Å². The second-order valence-corrected chi connectivity index (χ2v) is 4.25. The number of nitrogens with one attached hydrogen (secondary N) is 1. The number of ether oxygens (including phenoxy) is 1. The summed E-state index contributed by atoms with van der Waals surface area (Å²) in [6, 6.07) is 6.89. The van der Waals surface area contributed by atoms with Crippen molar-refractivity contribution in [3.05, 3.63) is 39.2 Å². The molecule has 0 fully saturated rings. The zero-order valence-corrected chi connectivity index (χ0v) is 11.1. The minimum absolute atomic E-state index is 0.148. The first-order chi connectivity index (χ1) is 8.63. The van der Waals surface area contributed by atoms with E-state index in [4.69, 9.17) is 9.15 Å². The quantitative estimate of drug-likeness (QED) is 0.925. The highest BCUT2D eigenvalue weighted by molar-refractivity contribution is 9.10. The Kier molecular flexibility index (Phi) is 3.66. The SMILES string of the molecule is CCNC(=O)Oc1oc(=O)c2ccccc2c1Br. The van der Waals surface area contributed by atoms with Crippen molar-refractivity contribution >= 4 is 32.8 Å². The molecule has 0 bridgehead atoms. The smallest absolute Gasteiger partial charge is 0.388 e. The minimum atomic E-state index is -0.670. The first-order valence-electron chi connectivity index (χ1n) is 5.30. The van der Waals surface area contributed by atoms with Crippen LogP contribution in [0.15, 0.2) is 37.9 Å². The number of benzene rings is 1. The highest BCUT2D eigenvalue weighted by atomic mass is 79.9. The van der Waals surface area contributed by atoms with E-state index >= 15 is 0 Å². The standard InChI is InChI=1S/C12H10BrNO4/c1-2-14-12(16)18-11-9(13)7-5-3-4-6-8(7)10(15)17-11/h3-6H,2H2,1H3,(H,14,16). The van der Waals surface area contributed by atoms with E-state index in [0.717, 1.165) is 0 Å². The Bertz CT molecular complexity index is 650. The van der Waals surface area contributed by atoms with Crippen LogP contribution in [0.3, 0.4) is 0 Å². The summed E-state index contributed by atoms with van der Waals surface area (Å²) in [5, 5.41) is 3.50. The van der Waals surface area contributed by atoms with Crippen LogP contribution in [0.1, 0.15) is 6.92 Å². The fourth-order valence-electron chi connectivity index (χ4n) is 1.48. The Morgan fingerprint density at radius 2 is 2.06 bits per heavy atom. The molecule has 18 heavy (non-hydrogen) atoms. The van der Waals surface area contributed by atoms with Crippen LogP contribution in [0.4, 0.5) is 4.79 Å². The van der Waals surface area contributed by atoms with Crippen LogP contribution >= 0.6 is 15.9 Å². The van der Waals surface area contributed by atoms with Gasteiger partial charge in [-0.15, -0.1) is 0 Å². The first-order valence-corrected chi connectivity index (χ1v) is 6.09. The van der Waals surface area contributed by atoms with Crippen molar-refractivity contribution in [2.24, 2.45) is 0 Å². The molecule has 1 aromatic heterocycles. The molecule has 0 unspecified atom stereocenters. The van der Waals surface area contributed by atoms with Crippen molar-refractivity contribution in [2.45, 2.75) is 6.92 Å². The third-order valence-electron chi connectivity index (χ3n) is 2.25. The average Bonchev–Trinajstić information content (AvgIpc) is 2.36. The molecule has 0 saturated heterocycles. The fraction of sp³-hybridized carbons (Fsp3) is 0.167. The van der Waals surface area contributed by atoms with Crippen LogP contribution < -0.4 is 15.7 Å². The number of fused-ring (bicyclic) bond motifs is 1. The molecule has 5 nitrogen and oxygen atoms in total. The lowest BCUT2D eigenvalue weighted by Crippen LogP contribution is -2.26. The summed E-state index contributed by atoms with van der Waals surface area (Å²) in [6.45, 7) is 2.18. The normalized spacial score (nSPS) is 10.3. The zero-order chi connectivity index (χ0) is 13.1. The monoisotopic (exact) mass is 311 g/mol. The Labute approximate surface area is 111 Å². The molecule has 0 saturated carbocycles. The topological polar surface area (TPSA) is 68.5 Å². The molecule has 6 heteroatoms. The van der Waals surface area contributed by atoms with Crippen LogP contribution in [0.5, 0.6) is 5.95 Å². The van der Waals surface area contributed by atoms with Crippen LogP contribution in [0.25, 0.3) is 10.8 Å². The third-order valence-corrected chi connectivity index (χ3v) is 3.01. The molecular formula is C12H10BrNO4. The van der Waals surface area contributed by atoms with E-state index in [1.54, 1.807) is 31.2 Å². The van der Waals surface area contributed by atoms with E-state index in [1.165, 1.54) is 0 Å². The highest BCUT2D eigenvalue weighted by Gasteiger charge is 2.15. The second-order valence-electron chi connectivity index (χ2n) is 3.46. The van der Waals surface area contributed by atoms with Gasteiger partial charge in [0, 0.05) is 11.9 Å². The zero-order valence-electron chi connectivity index (χ0n) is 9.53. The Hall–Kier alpha value is -1.82. The Balaban J connectivity index is 2.50. The lowest BCUT2D eigenvalue weighted by Gasteiger charge is -2.06. The predicted molar refractivity (Wildman–Crippen MR) is 69.9 cm³/mol. The average molecular weight is 312 g/mol. The lowest BCUT2D eigenvalue weighted by atomic mass is 10.2.